The Morgan fingerprint density at radius 3 is 2.50 bits per heavy atom. The average Bonchev–Trinajstić information content (AvgIpc) is 3.42. The van der Waals surface area contributed by atoms with Crippen LogP contribution in [0.15, 0.2) is 91.3 Å². The van der Waals surface area contributed by atoms with E-state index in [1.165, 1.54) is 11.3 Å². The molecule has 2 aromatic heterocycles. The number of thiophene rings is 1. The predicted molar refractivity (Wildman–Crippen MR) is 123 cm³/mol. The minimum absolute atomic E-state index is 0.158. The lowest BCUT2D eigenvalue weighted by atomic mass is 10.2. The molecule has 30 heavy (non-hydrogen) atoms. The maximum Gasteiger partial charge on any atom is 0.265 e. The monoisotopic (exact) mass is 434 g/mol. The van der Waals surface area contributed by atoms with E-state index in [9.17, 15) is 4.79 Å². The zero-order chi connectivity index (χ0) is 20.8. The second-order valence-electron chi connectivity index (χ2n) is 6.52. The number of hydrogen-bond acceptors (Lipinski definition) is 4. The van der Waals surface area contributed by atoms with Crippen molar-refractivity contribution in [3.8, 4) is 5.00 Å². The summed E-state index contributed by atoms with van der Waals surface area (Å²) in [5.41, 5.74) is 5.90. The van der Waals surface area contributed by atoms with E-state index >= 15 is 0 Å². The minimum Gasteiger partial charge on any atom is -0.295 e. The Kier molecular flexibility index (Phi) is 6.27. The third kappa shape index (κ3) is 5.17. The number of carbonyl (C=O) groups excluding carboxylic acids is 1. The van der Waals surface area contributed by atoms with Crippen molar-refractivity contribution in [1.82, 2.24) is 14.8 Å². The maximum absolute atomic E-state index is 12.9. The molecule has 1 amide bonds. The first-order chi connectivity index (χ1) is 14.7. The number of para-hydroxylation sites is 1. The van der Waals surface area contributed by atoms with Gasteiger partial charge < -0.3 is 0 Å². The normalized spacial score (nSPS) is 11.0. The van der Waals surface area contributed by atoms with E-state index in [4.69, 9.17) is 11.6 Å². The molecular weight excluding hydrogens is 416 g/mol. The second kappa shape index (κ2) is 9.43. The number of hydrogen-bond donors (Lipinski definition) is 1. The van der Waals surface area contributed by atoms with Crippen LogP contribution in [-0.2, 0) is 11.3 Å². The molecule has 0 bridgehead atoms. The van der Waals surface area contributed by atoms with Gasteiger partial charge >= 0.3 is 0 Å². The molecule has 0 atom stereocenters. The second-order valence-corrected chi connectivity index (χ2v) is 8.21. The lowest BCUT2D eigenvalue weighted by molar-refractivity contribution is -0.125. The molecule has 4 rings (SSSR count). The van der Waals surface area contributed by atoms with E-state index in [1.54, 1.807) is 28.0 Å². The standard InChI is InChI=1S/C23H19ClN4OS/c24-21-12-14-23(30-21)28-17-19(15-25-28)11-13-22(29)27(16-18-7-3-1-4-8-18)26-20-9-5-2-6-10-20/h1-15,17,26H,16H2/b13-11+. The van der Waals surface area contributed by atoms with Gasteiger partial charge in [0.25, 0.3) is 5.91 Å². The number of nitrogens with one attached hydrogen (secondary N) is 1. The fourth-order valence-corrected chi connectivity index (χ4v) is 3.80. The van der Waals surface area contributed by atoms with Crippen molar-refractivity contribution in [2.75, 3.05) is 5.43 Å². The molecule has 2 aromatic carbocycles. The number of anilines is 1. The summed E-state index contributed by atoms with van der Waals surface area (Å²) >= 11 is 7.44. The van der Waals surface area contributed by atoms with Gasteiger partial charge in [0.2, 0.25) is 0 Å². The smallest absolute Gasteiger partial charge is 0.265 e. The van der Waals surface area contributed by atoms with Crippen molar-refractivity contribution < 1.29 is 4.79 Å². The number of benzene rings is 2. The van der Waals surface area contributed by atoms with Crippen LogP contribution in [0.4, 0.5) is 5.69 Å². The Balaban J connectivity index is 1.50. The van der Waals surface area contributed by atoms with Crippen molar-refractivity contribution in [1.29, 1.82) is 0 Å². The SMILES string of the molecule is O=C(/C=C/c1cnn(-c2ccc(Cl)s2)c1)N(Cc1ccccc1)Nc1ccccc1. The fourth-order valence-electron chi connectivity index (χ4n) is 2.84. The van der Waals surface area contributed by atoms with Crippen molar-refractivity contribution in [2.45, 2.75) is 6.54 Å². The molecule has 0 aliphatic heterocycles. The highest BCUT2D eigenvalue weighted by molar-refractivity contribution is 7.18. The van der Waals surface area contributed by atoms with Crippen LogP contribution >= 0.6 is 22.9 Å². The highest BCUT2D eigenvalue weighted by Crippen LogP contribution is 2.24. The number of nitrogens with zero attached hydrogens (tertiary/aromatic N) is 3. The highest BCUT2D eigenvalue weighted by atomic mass is 35.5. The number of halogens is 1. The van der Waals surface area contributed by atoms with Gasteiger partial charge in [0.15, 0.2) is 0 Å². The highest BCUT2D eigenvalue weighted by Gasteiger charge is 2.12. The number of hydrazine groups is 1. The number of aromatic nitrogens is 2. The van der Waals surface area contributed by atoms with E-state index < -0.39 is 0 Å². The molecule has 0 radical (unpaired) electrons. The largest absolute Gasteiger partial charge is 0.295 e. The topological polar surface area (TPSA) is 50.2 Å². The molecule has 0 saturated carbocycles. The van der Waals surface area contributed by atoms with Crippen LogP contribution in [-0.4, -0.2) is 20.7 Å². The lowest BCUT2D eigenvalue weighted by Gasteiger charge is -2.23. The molecule has 0 aliphatic rings. The zero-order valence-electron chi connectivity index (χ0n) is 16.0. The summed E-state index contributed by atoms with van der Waals surface area (Å²) in [6, 6.07) is 23.2. The predicted octanol–water partition coefficient (Wildman–Crippen LogP) is 5.66. The van der Waals surface area contributed by atoms with Crippen molar-refractivity contribution in [3.05, 3.63) is 107 Å². The molecule has 5 nitrogen and oxygen atoms in total. The molecule has 0 saturated heterocycles. The van der Waals surface area contributed by atoms with Gasteiger partial charge in [-0.3, -0.25) is 10.2 Å². The van der Waals surface area contributed by atoms with Gasteiger partial charge in [0.1, 0.15) is 5.00 Å². The van der Waals surface area contributed by atoms with Crippen LogP contribution in [0, 0.1) is 0 Å². The molecule has 150 valence electrons. The first kappa shape index (κ1) is 19.9. The maximum atomic E-state index is 12.9. The van der Waals surface area contributed by atoms with Gasteiger partial charge in [-0.25, -0.2) is 9.69 Å². The van der Waals surface area contributed by atoms with Crippen LogP contribution in [0.5, 0.6) is 0 Å². The van der Waals surface area contributed by atoms with Gasteiger partial charge in [0, 0.05) is 17.8 Å². The van der Waals surface area contributed by atoms with Crippen LogP contribution in [0.1, 0.15) is 11.1 Å². The summed E-state index contributed by atoms with van der Waals surface area (Å²) in [6.07, 6.45) is 6.87. The van der Waals surface area contributed by atoms with E-state index in [0.29, 0.717) is 10.9 Å². The number of rotatable bonds is 7. The first-order valence-corrected chi connectivity index (χ1v) is 10.5. The molecule has 0 unspecified atom stereocenters. The summed E-state index contributed by atoms with van der Waals surface area (Å²) in [5, 5.41) is 6.84. The molecule has 2 heterocycles. The lowest BCUT2D eigenvalue weighted by Crippen LogP contribution is -2.34. The summed E-state index contributed by atoms with van der Waals surface area (Å²) in [4.78, 5) is 12.9. The third-order valence-corrected chi connectivity index (χ3v) is 5.51. The van der Waals surface area contributed by atoms with Crippen LogP contribution in [0.25, 0.3) is 11.1 Å². The zero-order valence-corrected chi connectivity index (χ0v) is 17.6. The molecule has 0 aliphatic carbocycles. The first-order valence-electron chi connectivity index (χ1n) is 9.33. The van der Waals surface area contributed by atoms with Gasteiger partial charge in [0.05, 0.1) is 22.8 Å². The Hall–Kier alpha value is -3.35. The van der Waals surface area contributed by atoms with Crippen molar-refractivity contribution >= 4 is 40.6 Å². The van der Waals surface area contributed by atoms with Gasteiger partial charge in [-0.1, -0.05) is 60.1 Å². The Bertz CT molecular complexity index is 1100. The molecular formula is C23H19ClN4OS. The van der Waals surface area contributed by atoms with Crippen LogP contribution < -0.4 is 5.43 Å². The Morgan fingerprint density at radius 1 is 1.07 bits per heavy atom. The summed E-state index contributed by atoms with van der Waals surface area (Å²) in [7, 11) is 0. The Morgan fingerprint density at radius 2 is 1.80 bits per heavy atom. The van der Waals surface area contributed by atoms with Crippen LogP contribution in [0.3, 0.4) is 0 Å². The summed E-state index contributed by atoms with van der Waals surface area (Å²) in [6.45, 7) is 0.436. The van der Waals surface area contributed by atoms with Gasteiger partial charge in [-0.15, -0.1) is 11.3 Å². The molecule has 0 spiro atoms. The number of amides is 1. The molecule has 7 heteroatoms. The van der Waals surface area contributed by atoms with Crippen molar-refractivity contribution in [3.63, 3.8) is 0 Å². The van der Waals surface area contributed by atoms with Crippen LogP contribution in [0.2, 0.25) is 4.34 Å². The fraction of sp³-hybridized carbons (Fsp3) is 0.0435. The quantitative estimate of drug-likeness (QED) is 0.302. The summed E-state index contributed by atoms with van der Waals surface area (Å²) < 4.78 is 2.45. The van der Waals surface area contributed by atoms with Gasteiger partial charge in [-0.2, -0.15) is 5.10 Å². The van der Waals surface area contributed by atoms with E-state index in [0.717, 1.165) is 21.8 Å². The average molecular weight is 435 g/mol. The third-order valence-electron chi connectivity index (χ3n) is 4.29. The minimum atomic E-state index is -0.158. The summed E-state index contributed by atoms with van der Waals surface area (Å²) in [5.74, 6) is -0.158. The van der Waals surface area contributed by atoms with E-state index in [-0.39, 0.29) is 5.91 Å². The van der Waals surface area contributed by atoms with E-state index in [2.05, 4.69) is 10.5 Å². The Labute approximate surface area is 183 Å². The molecule has 4 aromatic rings. The number of carbonyl (C=O) groups is 1. The van der Waals surface area contributed by atoms with Gasteiger partial charge in [-0.05, 0) is 35.9 Å². The molecule has 1 N–H and O–H groups in total. The van der Waals surface area contributed by atoms with Crippen molar-refractivity contribution in [2.24, 2.45) is 0 Å². The van der Waals surface area contributed by atoms with E-state index in [1.807, 2.05) is 79.0 Å². The molecule has 0 fully saturated rings.